The number of ether oxygens (including phenoxy) is 5. The Morgan fingerprint density at radius 2 is 1.58 bits per heavy atom. The van der Waals surface area contributed by atoms with Crippen LogP contribution in [-0.2, 0) is 20.6 Å². The van der Waals surface area contributed by atoms with Crippen LogP contribution < -0.4 is 9.47 Å². The molecule has 0 spiro atoms. The molecular formula is C27H32O6. The van der Waals surface area contributed by atoms with Gasteiger partial charge in [-0.25, -0.2) is 4.79 Å². The summed E-state index contributed by atoms with van der Waals surface area (Å²) in [6, 6.07) is 14.0. The van der Waals surface area contributed by atoms with Gasteiger partial charge >= 0.3 is 5.97 Å². The fourth-order valence-corrected chi connectivity index (χ4v) is 4.39. The molecule has 0 aromatic heterocycles. The van der Waals surface area contributed by atoms with E-state index in [1.54, 1.807) is 6.07 Å². The largest absolute Gasteiger partial charge is 0.491 e. The van der Waals surface area contributed by atoms with Crippen molar-refractivity contribution in [3.8, 4) is 11.5 Å². The Bertz CT molecular complexity index is 940. The standard InChI is InChI=1S/C27H32O6/c1-2-18-13-21(7-12-26(18)32-17-25-16-31-25)27(28)33-23-10-5-20(6-11-23)19-3-8-22(9-4-19)29-14-24-15-30-24/h3-4,7-9,12-13,20,23-25H,2,5-6,10-11,14-17H2,1H3. The van der Waals surface area contributed by atoms with E-state index >= 15 is 0 Å². The van der Waals surface area contributed by atoms with Crippen LogP contribution in [0.4, 0.5) is 0 Å². The molecule has 3 fully saturated rings. The van der Waals surface area contributed by atoms with Crippen molar-refractivity contribution in [3.05, 3.63) is 59.2 Å². The fraction of sp³-hybridized carbons (Fsp3) is 0.519. The molecule has 2 aromatic rings. The van der Waals surface area contributed by atoms with E-state index in [-0.39, 0.29) is 24.3 Å². The van der Waals surface area contributed by atoms with Gasteiger partial charge in [-0.05, 0) is 79.5 Å². The third-order valence-electron chi connectivity index (χ3n) is 6.64. The predicted octanol–water partition coefficient (Wildman–Crippen LogP) is 4.69. The summed E-state index contributed by atoms with van der Waals surface area (Å²) < 4.78 is 27.8. The molecule has 0 bridgehead atoms. The molecule has 6 heteroatoms. The molecule has 2 saturated heterocycles. The summed E-state index contributed by atoms with van der Waals surface area (Å²) in [6.07, 6.45) is 5.06. The third kappa shape index (κ3) is 6.06. The van der Waals surface area contributed by atoms with Gasteiger partial charge in [0.05, 0.1) is 18.8 Å². The van der Waals surface area contributed by atoms with Crippen molar-refractivity contribution >= 4 is 5.97 Å². The SMILES string of the molecule is CCc1cc(C(=O)OC2CCC(c3ccc(OCC4CO4)cc3)CC2)ccc1OCC1CO1. The maximum Gasteiger partial charge on any atom is 0.338 e. The molecule has 1 aliphatic carbocycles. The van der Waals surface area contributed by atoms with E-state index < -0.39 is 0 Å². The molecular weight excluding hydrogens is 420 g/mol. The van der Waals surface area contributed by atoms with Gasteiger partial charge in [0, 0.05) is 0 Å². The molecule has 2 atom stereocenters. The maximum atomic E-state index is 12.8. The highest BCUT2D eigenvalue weighted by atomic mass is 16.6. The van der Waals surface area contributed by atoms with Crippen LogP contribution in [0.25, 0.3) is 0 Å². The van der Waals surface area contributed by atoms with Gasteiger partial charge in [-0.15, -0.1) is 0 Å². The molecule has 2 unspecified atom stereocenters. The van der Waals surface area contributed by atoms with Gasteiger partial charge in [0.2, 0.25) is 0 Å². The van der Waals surface area contributed by atoms with Gasteiger partial charge in [-0.1, -0.05) is 19.1 Å². The van der Waals surface area contributed by atoms with Crippen molar-refractivity contribution in [1.29, 1.82) is 0 Å². The van der Waals surface area contributed by atoms with E-state index in [0.29, 0.717) is 24.7 Å². The number of rotatable bonds is 10. The first-order chi connectivity index (χ1) is 16.2. The zero-order chi connectivity index (χ0) is 22.6. The number of epoxide rings is 2. The topological polar surface area (TPSA) is 69.8 Å². The van der Waals surface area contributed by atoms with Crippen molar-refractivity contribution in [2.75, 3.05) is 26.4 Å². The van der Waals surface area contributed by atoms with Gasteiger partial charge in [0.25, 0.3) is 0 Å². The highest BCUT2D eigenvalue weighted by Gasteiger charge is 2.27. The van der Waals surface area contributed by atoms with Crippen LogP contribution >= 0.6 is 0 Å². The molecule has 0 radical (unpaired) electrons. The number of esters is 1. The van der Waals surface area contributed by atoms with Crippen LogP contribution in [0.2, 0.25) is 0 Å². The Morgan fingerprint density at radius 3 is 2.21 bits per heavy atom. The molecule has 33 heavy (non-hydrogen) atoms. The first-order valence-electron chi connectivity index (χ1n) is 12.1. The van der Waals surface area contributed by atoms with E-state index in [0.717, 1.165) is 62.4 Å². The summed E-state index contributed by atoms with van der Waals surface area (Å²) in [7, 11) is 0. The quantitative estimate of drug-likeness (QED) is 0.385. The Labute approximate surface area is 195 Å². The van der Waals surface area contributed by atoms with Crippen molar-refractivity contribution in [2.45, 2.75) is 63.3 Å². The van der Waals surface area contributed by atoms with Crippen LogP contribution in [0.5, 0.6) is 11.5 Å². The second kappa shape index (κ2) is 10.1. The van der Waals surface area contributed by atoms with E-state index in [4.69, 9.17) is 23.7 Å². The zero-order valence-corrected chi connectivity index (χ0v) is 19.2. The van der Waals surface area contributed by atoms with E-state index in [1.165, 1.54) is 5.56 Å². The Hall–Kier alpha value is -2.57. The Morgan fingerprint density at radius 1 is 0.909 bits per heavy atom. The lowest BCUT2D eigenvalue weighted by Crippen LogP contribution is -2.24. The lowest BCUT2D eigenvalue weighted by molar-refractivity contribution is 0.0195. The monoisotopic (exact) mass is 452 g/mol. The average Bonchev–Trinajstić information content (AvgIpc) is 3.77. The van der Waals surface area contributed by atoms with Gasteiger partial charge < -0.3 is 23.7 Å². The summed E-state index contributed by atoms with van der Waals surface area (Å²) in [5.74, 6) is 1.97. The maximum absolute atomic E-state index is 12.8. The van der Waals surface area contributed by atoms with Crippen LogP contribution in [-0.4, -0.2) is 50.7 Å². The molecule has 3 aliphatic rings. The molecule has 0 amide bonds. The number of hydrogen-bond acceptors (Lipinski definition) is 6. The molecule has 2 aliphatic heterocycles. The smallest absolute Gasteiger partial charge is 0.338 e. The second-order valence-corrected chi connectivity index (χ2v) is 9.16. The molecule has 176 valence electrons. The van der Waals surface area contributed by atoms with Crippen molar-refractivity contribution < 1.29 is 28.5 Å². The lowest BCUT2D eigenvalue weighted by Gasteiger charge is -2.28. The fourth-order valence-electron chi connectivity index (χ4n) is 4.39. The van der Waals surface area contributed by atoms with Gasteiger partial charge in [0.15, 0.2) is 0 Å². The minimum atomic E-state index is -0.244. The Kier molecular flexibility index (Phi) is 6.83. The van der Waals surface area contributed by atoms with Gasteiger partial charge in [-0.2, -0.15) is 0 Å². The lowest BCUT2D eigenvalue weighted by atomic mass is 9.83. The molecule has 5 rings (SSSR count). The summed E-state index contributed by atoms with van der Waals surface area (Å²) in [5, 5.41) is 0. The molecule has 2 heterocycles. The van der Waals surface area contributed by atoms with Crippen molar-refractivity contribution in [3.63, 3.8) is 0 Å². The highest BCUT2D eigenvalue weighted by Crippen LogP contribution is 2.35. The number of carbonyl (C=O) groups is 1. The van der Waals surface area contributed by atoms with E-state index in [2.05, 4.69) is 19.1 Å². The van der Waals surface area contributed by atoms with Crippen LogP contribution in [0.1, 0.15) is 60.0 Å². The summed E-state index contributed by atoms with van der Waals surface area (Å²) >= 11 is 0. The van der Waals surface area contributed by atoms with Crippen LogP contribution in [0, 0.1) is 0 Å². The minimum absolute atomic E-state index is 0.0251. The van der Waals surface area contributed by atoms with E-state index in [9.17, 15) is 4.79 Å². The van der Waals surface area contributed by atoms with Crippen LogP contribution in [0.15, 0.2) is 42.5 Å². The van der Waals surface area contributed by atoms with Gasteiger partial charge in [-0.3, -0.25) is 0 Å². The highest BCUT2D eigenvalue weighted by molar-refractivity contribution is 5.90. The van der Waals surface area contributed by atoms with Crippen molar-refractivity contribution in [1.82, 2.24) is 0 Å². The number of hydrogen-bond donors (Lipinski definition) is 0. The third-order valence-corrected chi connectivity index (χ3v) is 6.64. The first kappa shape index (κ1) is 22.2. The second-order valence-electron chi connectivity index (χ2n) is 9.16. The van der Waals surface area contributed by atoms with Crippen molar-refractivity contribution in [2.24, 2.45) is 0 Å². The summed E-state index contributed by atoms with van der Waals surface area (Å²) in [6.45, 7) is 4.82. The first-order valence-corrected chi connectivity index (χ1v) is 12.1. The average molecular weight is 453 g/mol. The Balaban J connectivity index is 1.10. The molecule has 1 saturated carbocycles. The van der Waals surface area contributed by atoms with Crippen LogP contribution in [0.3, 0.4) is 0 Å². The summed E-state index contributed by atoms with van der Waals surface area (Å²) in [4.78, 5) is 12.8. The number of carbonyl (C=O) groups excluding carboxylic acids is 1. The van der Waals surface area contributed by atoms with Gasteiger partial charge in [0.1, 0.15) is 43.0 Å². The minimum Gasteiger partial charge on any atom is -0.491 e. The number of aryl methyl sites for hydroxylation is 1. The normalized spacial score (nSPS) is 25.8. The molecule has 6 nitrogen and oxygen atoms in total. The number of benzene rings is 2. The summed E-state index contributed by atoms with van der Waals surface area (Å²) in [5.41, 5.74) is 2.94. The zero-order valence-electron chi connectivity index (χ0n) is 19.2. The predicted molar refractivity (Wildman–Crippen MR) is 123 cm³/mol. The molecule has 2 aromatic carbocycles. The molecule has 0 N–H and O–H groups in total. The van der Waals surface area contributed by atoms with E-state index in [1.807, 2.05) is 24.3 Å².